The number of aromatic nitrogens is 2. The maximum atomic E-state index is 11.7. The second kappa shape index (κ2) is 5.09. The van der Waals surface area contributed by atoms with Gasteiger partial charge in [-0.3, -0.25) is 4.79 Å². The molecule has 0 aliphatic carbocycles. The van der Waals surface area contributed by atoms with Gasteiger partial charge in [-0.1, -0.05) is 5.16 Å². The molecule has 6 heteroatoms. The first kappa shape index (κ1) is 11.8. The summed E-state index contributed by atoms with van der Waals surface area (Å²) in [6.07, 6.45) is 0.376. The number of hydrogen-bond acceptors (Lipinski definition) is 5. The highest BCUT2D eigenvalue weighted by atomic mass is 32.1. The Balaban J connectivity index is 1.90. The first-order valence-corrected chi connectivity index (χ1v) is 6.20. The lowest BCUT2D eigenvalue weighted by molar-refractivity contribution is -0.121. The van der Waals surface area contributed by atoms with Crippen molar-refractivity contribution in [1.82, 2.24) is 15.5 Å². The standard InChI is InChI=1S/C11H13N3O2S/c1-7(11-13-8(2)14-16-11)12-10(15)5-9-3-4-17-6-9/h3-4,6-7H,5H2,1-2H3,(H,12,15). The normalized spacial score (nSPS) is 12.4. The highest BCUT2D eigenvalue weighted by Crippen LogP contribution is 2.11. The zero-order chi connectivity index (χ0) is 12.3. The van der Waals surface area contributed by atoms with Crippen LogP contribution in [0.25, 0.3) is 0 Å². The van der Waals surface area contributed by atoms with Crippen molar-refractivity contribution in [2.45, 2.75) is 26.3 Å². The number of nitrogens with one attached hydrogen (secondary N) is 1. The minimum atomic E-state index is -0.262. The summed E-state index contributed by atoms with van der Waals surface area (Å²) in [4.78, 5) is 15.8. The van der Waals surface area contributed by atoms with E-state index in [4.69, 9.17) is 4.52 Å². The maximum absolute atomic E-state index is 11.7. The smallest absolute Gasteiger partial charge is 0.248 e. The number of amides is 1. The van der Waals surface area contributed by atoms with E-state index >= 15 is 0 Å². The Hall–Kier alpha value is -1.69. The van der Waals surface area contributed by atoms with Crippen LogP contribution in [0.2, 0.25) is 0 Å². The van der Waals surface area contributed by atoms with Crippen LogP contribution in [-0.4, -0.2) is 16.0 Å². The molecule has 2 heterocycles. The quantitative estimate of drug-likeness (QED) is 0.900. The molecule has 0 bridgehead atoms. The molecule has 1 atom stereocenters. The molecule has 2 aromatic rings. The largest absolute Gasteiger partial charge is 0.344 e. The molecule has 0 radical (unpaired) electrons. The SMILES string of the molecule is Cc1noc(C(C)NC(=O)Cc2ccsc2)n1. The van der Waals surface area contributed by atoms with Crippen LogP contribution in [0.4, 0.5) is 0 Å². The van der Waals surface area contributed by atoms with Crippen molar-refractivity contribution in [3.05, 3.63) is 34.1 Å². The molecule has 1 amide bonds. The fourth-order valence-electron chi connectivity index (χ4n) is 1.42. The van der Waals surface area contributed by atoms with E-state index in [-0.39, 0.29) is 11.9 Å². The summed E-state index contributed by atoms with van der Waals surface area (Å²) < 4.78 is 4.99. The van der Waals surface area contributed by atoms with Crippen LogP contribution in [-0.2, 0) is 11.2 Å². The molecule has 2 rings (SSSR count). The zero-order valence-electron chi connectivity index (χ0n) is 9.64. The van der Waals surface area contributed by atoms with Gasteiger partial charge in [0, 0.05) is 0 Å². The van der Waals surface area contributed by atoms with Gasteiger partial charge in [0.2, 0.25) is 11.8 Å². The molecule has 17 heavy (non-hydrogen) atoms. The van der Waals surface area contributed by atoms with Gasteiger partial charge in [-0.2, -0.15) is 16.3 Å². The van der Waals surface area contributed by atoms with Crippen molar-refractivity contribution >= 4 is 17.2 Å². The first-order valence-electron chi connectivity index (χ1n) is 5.26. The van der Waals surface area contributed by atoms with Crippen LogP contribution < -0.4 is 5.32 Å². The maximum Gasteiger partial charge on any atom is 0.248 e. The van der Waals surface area contributed by atoms with Gasteiger partial charge in [0.15, 0.2) is 5.82 Å². The molecular weight excluding hydrogens is 238 g/mol. The van der Waals surface area contributed by atoms with E-state index in [1.54, 1.807) is 18.3 Å². The Kier molecular flexibility index (Phi) is 3.53. The Morgan fingerprint density at radius 3 is 3.06 bits per heavy atom. The van der Waals surface area contributed by atoms with Gasteiger partial charge < -0.3 is 9.84 Å². The van der Waals surface area contributed by atoms with Gasteiger partial charge in [-0.05, 0) is 36.2 Å². The number of thiophene rings is 1. The molecule has 5 nitrogen and oxygen atoms in total. The molecule has 0 aliphatic rings. The van der Waals surface area contributed by atoms with Gasteiger partial charge in [0.25, 0.3) is 0 Å². The second-order valence-corrected chi connectivity index (χ2v) is 4.56. The van der Waals surface area contributed by atoms with Gasteiger partial charge in [0.05, 0.1) is 6.42 Å². The number of carbonyl (C=O) groups is 1. The van der Waals surface area contributed by atoms with Crippen molar-refractivity contribution in [2.24, 2.45) is 0 Å². The summed E-state index contributed by atoms with van der Waals surface area (Å²) in [5, 5.41) is 10.4. The van der Waals surface area contributed by atoms with Crippen molar-refractivity contribution in [2.75, 3.05) is 0 Å². The summed E-state index contributed by atoms with van der Waals surface area (Å²) in [6, 6.07) is 1.67. The first-order chi connectivity index (χ1) is 8.15. The number of rotatable bonds is 4. The summed E-state index contributed by atoms with van der Waals surface area (Å²) in [5.74, 6) is 0.951. The molecule has 1 unspecified atom stereocenters. The molecule has 0 fully saturated rings. The van der Waals surface area contributed by atoms with Crippen LogP contribution in [0.15, 0.2) is 21.3 Å². The van der Waals surface area contributed by atoms with Crippen molar-refractivity contribution in [3.63, 3.8) is 0 Å². The van der Waals surface area contributed by atoms with Crippen LogP contribution in [0.5, 0.6) is 0 Å². The molecule has 0 saturated carbocycles. The van der Waals surface area contributed by atoms with E-state index in [0.717, 1.165) is 5.56 Å². The molecule has 0 aromatic carbocycles. The van der Waals surface area contributed by atoms with E-state index in [0.29, 0.717) is 18.1 Å². The molecule has 1 N–H and O–H groups in total. The van der Waals surface area contributed by atoms with E-state index < -0.39 is 0 Å². The Labute approximate surface area is 103 Å². The number of nitrogens with zero attached hydrogens (tertiary/aromatic N) is 2. The van der Waals surface area contributed by atoms with E-state index in [1.165, 1.54) is 0 Å². The van der Waals surface area contributed by atoms with Gasteiger partial charge in [0.1, 0.15) is 6.04 Å². The second-order valence-electron chi connectivity index (χ2n) is 3.78. The van der Waals surface area contributed by atoms with Crippen LogP contribution >= 0.6 is 11.3 Å². The number of aryl methyl sites for hydroxylation is 1. The summed E-state index contributed by atoms with van der Waals surface area (Å²) in [5.41, 5.74) is 1.02. The summed E-state index contributed by atoms with van der Waals surface area (Å²) in [7, 11) is 0. The van der Waals surface area contributed by atoms with E-state index in [2.05, 4.69) is 15.5 Å². The van der Waals surface area contributed by atoms with Crippen molar-refractivity contribution in [3.8, 4) is 0 Å². The Morgan fingerprint density at radius 2 is 2.47 bits per heavy atom. The average Bonchev–Trinajstić information content (AvgIpc) is 2.89. The van der Waals surface area contributed by atoms with Crippen LogP contribution in [0.3, 0.4) is 0 Å². The van der Waals surface area contributed by atoms with Crippen LogP contribution in [0.1, 0.15) is 30.2 Å². The number of hydrogen-bond donors (Lipinski definition) is 1. The van der Waals surface area contributed by atoms with Gasteiger partial charge >= 0.3 is 0 Å². The topological polar surface area (TPSA) is 68.0 Å². The lowest BCUT2D eigenvalue weighted by atomic mass is 10.2. The fourth-order valence-corrected chi connectivity index (χ4v) is 2.09. The Bertz CT molecular complexity index is 493. The Morgan fingerprint density at radius 1 is 1.65 bits per heavy atom. The fraction of sp³-hybridized carbons (Fsp3) is 0.364. The van der Waals surface area contributed by atoms with Gasteiger partial charge in [-0.15, -0.1) is 0 Å². The van der Waals surface area contributed by atoms with E-state index in [1.807, 2.05) is 23.8 Å². The summed E-state index contributed by atoms with van der Waals surface area (Å²) in [6.45, 7) is 3.56. The highest BCUT2D eigenvalue weighted by Gasteiger charge is 2.15. The molecule has 0 aliphatic heterocycles. The van der Waals surface area contributed by atoms with E-state index in [9.17, 15) is 4.79 Å². The monoisotopic (exact) mass is 251 g/mol. The minimum Gasteiger partial charge on any atom is -0.344 e. The van der Waals surface area contributed by atoms with Crippen molar-refractivity contribution in [1.29, 1.82) is 0 Å². The molecule has 0 spiro atoms. The highest BCUT2D eigenvalue weighted by molar-refractivity contribution is 7.07. The minimum absolute atomic E-state index is 0.0493. The molecular formula is C11H13N3O2S. The lowest BCUT2D eigenvalue weighted by Gasteiger charge is -2.08. The molecule has 2 aromatic heterocycles. The number of carbonyl (C=O) groups excluding carboxylic acids is 1. The predicted octanol–water partition coefficient (Wildman–Crippen LogP) is 1.86. The predicted molar refractivity (Wildman–Crippen MR) is 63.6 cm³/mol. The van der Waals surface area contributed by atoms with Gasteiger partial charge in [-0.25, -0.2) is 0 Å². The lowest BCUT2D eigenvalue weighted by Crippen LogP contribution is -2.28. The average molecular weight is 251 g/mol. The van der Waals surface area contributed by atoms with Crippen LogP contribution in [0, 0.1) is 6.92 Å². The third-order valence-corrected chi connectivity index (χ3v) is 2.97. The van der Waals surface area contributed by atoms with Crippen molar-refractivity contribution < 1.29 is 9.32 Å². The third kappa shape index (κ3) is 3.13. The summed E-state index contributed by atoms with van der Waals surface area (Å²) >= 11 is 1.58. The third-order valence-electron chi connectivity index (χ3n) is 2.24. The molecule has 0 saturated heterocycles. The molecule has 90 valence electrons. The zero-order valence-corrected chi connectivity index (χ0v) is 10.5.